The van der Waals surface area contributed by atoms with Crippen molar-refractivity contribution < 1.29 is 9.32 Å². The maximum Gasteiger partial charge on any atom is 0.261 e. The zero-order valence-corrected chi connectivity index (χ0v) is 16.4. The van der Waals surface area contributed by atoms with Gasteiger partial charge in [0, 0.05) is 12.6 Å². The minimum atomic E-state index is -0.197. The summed E-state index contributed by atoms with van der Waals surface area (Å²) in [7, 11) is 0. The maximum atomic E-state index is 12.7. The summed E-state index contributed by atoms with van der Waals surface area (Å²) in [5.41, 5.74) is 2.32. The van der Waals surface area contributed by atoms with Gasteiger partial charge in [-0.15, -0.1) is 10.2 Å². The molecule has 1 amide bonds. The summed E-state index contributed by atoms with van der Waals surface area (Å²) in [6.07, 6.45) is 3.26. The minimum Gasteiger partial charge on any atom is -0.348 e. The van der Waals surface area contributed by atoms with E-state index in [1.165, 1.54) is 0 Å². The molecule has 0 saturated carbocycles. The van der Waals surface area contributed by atoms with Gasteiger partial charge in [0.1, 0.15) is 0 Å². The van der Waals surface area contributed by atoms with E-state index >= 15 is 0 Å². The lowest BCUT2D eigenvalue weighted by Crippen LogP contribution is -2.29. The fraction of sp³-hybridized carbons (Fsp3) is 0.286. The van der Waals surface area contributed by atoms with E-state index < -0.39 is 0 Å². The van der Waals surface area contributed by atoms with Crippen molar-refractivity contribution in [3.8, 4) is 11.5 Å². The minimum absolute atomic E-state index is 0.0314. The van der Waals surface area contributed by atoms with Crippen LogP contribution in [0.15, 0.2) is 53.2 Å². The van der Waals surface area contributed by atoms with Crippen molar-refractivity contribution >= 4 is 11.6 Å². The second-order valence-corrected chi connectivity index (χ2v) is 6.69. The van der Waals surface area contributed by atoms with Crippen molar-refractivity contribution in [1.82, 2.24) is 30.1 Å². The Morgan fingerprint density at radius 3 is 2.69 bits per heavy atom. The molecule has 4 aromatic rings. The number of nitrogens with zero attached hydrogens (tertiary/aromatic N) is 5. The van der Waals surface area contributed by atoms with E-state index in [0.717, 1.165) is 12.0 Å². The first-order valence-corrected chi connectivity index (χ1v) is 9.69. The van der Waals surface area contributed by atoms with Gasteiger partial charge in [-0.3, -0.25) is 9.20 Å². The van der Waals surface area contributed by atoms with Gasteiger partial charge in [0.15, 0.2) is 17.3 Å². The van der Waals surface area contributed by atoms with Gasteiger partial charge < -0.3 is 9.84 Å². The molecule has 0 saturated heterocycles. The largest absolute Gasteiger partial charge is 0.348 e. The molecule has 0 bridgehead atoms. The van der Waals surface area contributed by atoms with Crippen LogP contribution in [0.25, 0.3) is 17.1 Å². The van der Waals surface area contributed by atoms with Crippen LogP contribution in [0.4, 0.5) is 0 Å². The molecular weight excluding hydrogens is 368 g/mol. The third-order valence-corrected chi connectivity index (χ3v) is 4.87. The molecule has 3 aromatic heterocycles. The van der Waals surface area contributed by atoms with Gasteiger partial charge in [-0.25, -0.2) is 0 Å². The Labute approximate surface area is 168 Å². The Kier molecular flexibility index (Phi) is 5.33. The van der Waals surface area contributed by atoms with E-state index in [-0.39, 0.29) is 18.4 Å². The number of carbonyl (C=O) groups excluding carboxylic acids is 1. The van der Waals surface area contributed by atoms with Crippen LogP contribution in [0, 0.1) is 0 Å². The third-order valence-electron chi connectivity index (χ3n) is 4.87. The number of amides is 1. The van der Waals surface area contributed by atoms with Gasteiger partial charge in [0.05, 0.1) is 18.0 Å². The second-order valence-electron chi connectivity index (χ2n) is 6.69. The molecule has 0 aliphatic carbocycles. The number of carbonyl (C=O) groups is 1. The monoisotopic (exact) mass is 390 g/mol. The van der Waals surface area contributed by atoms with Gasteiger partial charge in [0.2, 0.25) is 5.91 Å². The lowest BCUT2D eigenvalue weighted by atomic mass is 9.96. The van der Waals surface area contributed by atoms with Crippen LogP contribution in [0.5, 0.6) is 0 Å². The predicted molar refractivity (Wildman–Crippen MR) is 107 cm³/mol. The number of hydrogen-bond donors (Lipinski definition) is 1. The van der Waals surface area contributed by atoms with Crippen LogP contribution >= 0.6 is 0 Å². The molecule has 1 atom stereocenters. The highest BCUT2D eigenvalue weighted by Crippen LogP contribution is 2.23. The van der Waals surface area contributed by atoms with Gasteiger partial charge in [-0.1, -0.05) is 49.3 Å². The van der Waals surface area contributed by atoms with Crippen molar-refractivity contribution in [1.29, 1.82) is 0 Å². The molecule has 1 aromatic carbocycles. The normalized spacial score (nSPS) is 12.2. The Balaban J connectivity index is 1.54. The predicted octanol–water partition coefficient (Wildman–Crippen LogP) is 3.15. The summed E-state index contributed by atoms with van der Waals surface area (Å²) in [5, 5.41) is 15.4. The van der Waals surface area contributed by atoms with Crippen molar-refractivity contribution in [3.63, 3.8) is 0 Å². The quantitative estimate of drug-likeness (QED) is 0.520. The molecule has 3 heterocycles. The summed E-state index contributed by atoms with van der Waals surface area (Å²) in [4.78, 5) is 17.1. The number of hydrogen-bond acceptors (Lipinski definition) is 6. The molecule has 0 fully saturated rings. The van der Waals surface area contributed by atoms with Gasteiger partial charge in [0.25, 0.3) is 5.89 Å². The molecule has 0 unspecified atom stereocenters. The summed E-state index contributed by atoms with van der Waals surface area (Å²) >= 11 is 0. The lowest BCUT2D eigenvalue weighted by molar-refractivity contribution is -0.122. The summed E-state index contributed by atoms with van der Waals surface area (Å²) < 4.78 is 7.17. The van der Waals surface area contributed by atoms with Crippen LogP contribution < -0.4 is 5.32 Å². The molecule has 0 radical (unpaired) electrons. The van der Waals surface area contributed by atoms with Crippen molar-refractivity contribution in [3.05, 3.63) is 65.9 Å². The topological polar surface area (TPSA) is 98.2 Å². The number of aromatic nitrogens is 5. The Morgan fingerprint density at radius 1 is 1.14 bits per heavy atom. The third kappa shape index (κ3) is 3.73. The van der Waals surface area contributed by atoms with Crippen LogP contribution in [0.1, 0.15) is 43.4 Å². The number of benzene rings is 1. The van der Waals surface area contributed by atoms with Crippen molar-refractivity contribution in [2.75, 3.05) is 0 Å². The summed E-state index contributed by atoms with van der Waals surface area (Å²) in [6.45, 7) is 4.24. The first kappa shape index (κ1) is 18.8. The van der Waals surface area contributed by atoms with Crippen LogP contribution in [0.2, 0.25) is 0 Å². The summed E-state index contributed by atoms with van der Waals surface area (Å²) in [5.74, 6) is 1.45. The molecule has 8 heteroatoms. The standard InChI is InChI=1S/C21H22N6O2/c1-3-15(14-9-6-5-7-10-14)20(28)22-13-18-24-25-19-16(11-8-12-27(18)19)21-23-17(4-2)26-29-21/h5-12,15H,3-4,13H2,1-2H3,(H,22,28)/t15-/m0/s1. The van der Waals surface area contributed by atoms with E-state index in [9.17, 15) is 4.79 Å². The molecule has 1 N–H and O–H groups in total. The van der Waals surface area contributed by atoms with Gasteiger partial charge in [-0.2, -0.15) is 4.98 Å². The Morgan fingerprint density at radius 2 is 1.97 bits per heavy atom. The van der Waals surface area contributed by atoms with E-state index in [4.69, 9.17) is 4.52 Å². The zero-order chi connectivity index (χ0) is 20.2. The first-order chi connectivity index (χ1) is 14.2. The Hall–Kier alpha value is -3.55. The fourth-order valence-electron chi connectivity index (χ4n) is 3.31. The average Bonchev–Trinajstić information content (AvgIpc) is 3.40. The molecule has 29 heavy (non-hydrogen) atoms. The van der Waals surface area contributed by atoms with Crippen molar-refractivity contribution in [2.45, 2.75) is 39.2 Å². The number of aryl methyl sites for hydroxylation is 1. The highest BCUT2D eigenvalue weighted by atomic mass is 16.5. The average molecular weight is 390 g/mol. The molecule has 0 aliphatic rings. The SMILES string of the molecule is CCc1noc(-c2cccn3c(CNC(=O)[C@@H](CC)c4ccccc4)nnc23)n1. The molecule has 0 spiro atoms. The van der Waals surface area contributed by atoms with E-state index in [2.05, 4.69) is 25.7 Å². The Bertz CT molecular complexity index is 1120. The fourth-order valence-corrected chi connectivity index (χ4v) is 3.31. The van der Waals surface area contributed by atoms with E-state index in [1.807, 2.05) is 66.9 Å². The number of nitrogens with one attached hydrogen (secondary N) is 1. The molecule has 4 rings (SSSR count). The van der Waals surface area contributed by atoms with Gasteiger partial charge in [-0.05, 0) is 24.1 Å². The zero-order valence-electron chi connectivity index (χ0n) is 16.4. The molecule has 148 valence electrons. The smallest absolute Gasteiger partial charge is 0.261 e. The van der Waals surface area contributed by atoms with E-state index in [1.54, 1.807) is 0 Å². The van der Waals surface area contributed by atoms with Crippen LogP contribution in [-0.4, -0.2) is 30.6 Å². The van der Waals surface area contributed by atoms with Gasteiger partial charge >= 0.3 is 0 Å². The summed E-state index contributed by atoms with van der Waals surface area (Å²) in [6, 6.07) is 13.5. The maximum absolute atomic E-state index is 12.7. The first-order valence-electron chi connectivity index (χ1n) is 9.69. The molecular formula is C21H22N6O2. The van der Waals surface area contributed by atoms with Crippen LogP contribution in [-0.2, 0) is 17.8 Å². The highest BCUT2D eigenvalue weighted by Gasteiger charge is 2.20. The van der Waals surface area contributed by atoms with Crippen molar-refractivity contribution in [2.24, 2.45) is 0 Å². The number of fused-ring (bicyclic) bond motifs is 1. The highest BCUT2D eigenvalue weighted by molar-refractivity contribution is 5.83. The molecule has 8 nitrogen and oxygen atoms in total. The lowest BCUT2D eigenvalue weighted by Gasteiger charge is -2.15. The second kappa shape index (κ2) is 8.22. The number of pyridine rings is 1. The molecule has 0 aliphatic heterocycles. The van der Waals surface area contributed by atoms with E-state index in [0.29, 0.717) is 35.2 Å². The van der Waals surface area contributed by atoms with Crippen LogP contribution in [0.3, 0.4) is 0 Å². The number of rotatable bonds is 7.